The maximum atomic E-state index is 10.6. The normalized spacial score (nSPS) is 9.00. The van der Waals surface area contributed by atoms with Crippen molar-refractivity contribution in [1.82, 2.24) is 0 Å². The minimum absolute atomic E-state index is 0.288. The number of aliphatic hydroxyl groups is 1. The standard InChI is InChI=1S/C6H11NO3/c1-5(2-3-7)6(9)10-4-8/h8H,1-4,7H2. The molecule has 0 fully saturated rings. The van der Waals surface area contributed by atoms with Crippen molar-refractivity contribution in [2.45, 2.75) is 6.42 Å². The number of carbonyl (C=O) groups is 1. The third-order valence-corrected chi connectivity index (χ3v) is 0.930. The fourth-order valence-electron chi connectivity index (χ4n) is 0.437. The lowest BCUT2D eigenvalue weighted by Gasteiger charge is -2.01. The van der Waals surface area contributed by atoms with E-state index in [-0.39, 0.29) is 5.57 Å². The highest BCUT2D eigenvalue weighted by molar-refractivity contribution is 5.87. The van der Waals surface area contributed by atoms with Crippen LogP contribution in [0.2, 0.25) is 0 Å². The Bertz CT molecular complexity index is 117. The largest absolute Gasteiger partial charge is 0.435 e. The molecule has 4 heteroatoms. The molecule has 0 radical (unpaired) electrons. The zero-order valence-corrected chi connectivity index (χ0v) is 5.67. The number of rotatable bonds is 4. The molecule has 0 aromatic heterocycles. The molecule has 0 atom stereocenters. The second kappa shape index (κ2) is 4.96. The average Bonchev–Trinajstić information content (AvgIpc) is 1.89. The van der Waals surface area contributed by atoms with Crippen molar-refractivity contribution >= 4 is 5.97 Å². The molecule has 0 heterocycles. The highest BCUT2D eigenvalue weighted by Gasteiger charge is 2.05. The van der Waals surface area contributed by atoms with E-state index in [0.29, 0.717) is 13.0 Å². The van der Waals surface area contributed by atoms with Crippen LogP contribution in [-0.2, 0) is 9.53 Å². The summed E-state index contributed by atoms with van der Waals surface area (Å²) in [6.07, 6.45) is 0.402. The second-order valence-electron chi connectivity index (χ2n) is 1.70. The van der Waals surface area contributed by atoms with E-state index in [1.54, 1.807) is 0 Å². The van der Waals surface area contributed by atoms with Gasteiger partial charge < -0.3 is 15.6 Å². The molecule has 0 saturated heterocycles. The van der Waals surface area contributed by atoms with Crippen molar-refractivity contribution in [3.63, 3.8) is 0 Å². The molecule has 0 aliphatic heterocycles. The average molecular weight is 145 g/mol. The minimum atomic E-state index is -0.609. The third kappa shape index (κ3) is 3.21. The summed E-state index contributed by atoms with van der Waals surface area (Å²) in [6, 6.07) is 0. The van der Waals surface area contributed by atoms with E-state index in [1.165, 1.54) is 0 Å². The smallest absolute Gasteiger partial charge is 0.335 e. The van der Waals surface area contributed by atoms with Gasteiger partial charge in [-0.2, -0.15) is 0 Å². The number of hydrogen-bond acceptors (Lipinski definition) is 4. The lowest BCUT2D eigenvalue weighted by Crippen LogP contribution is -2.11. The molecule has 58 valence electrons. The van der Waals surface area contributed by atoms with E-state index in [9.17, 15) is 4.79 Å². The quantitative estimate of drug-likeness (QED) is 0.314. The topological polar surface area (TPSA) is 72.6 Å². The number of aliphatic hydroxyl groups excluding tert-OH is 1. The van der Waals surface area contributed by atoms with Crippen LogP contribution in [0.5, 0.6) is 0 Å². The number of hydrogen-bond donors (Lipinski definition) is 2. The summed E-state index contributed by atoms with van der Waals surface area (Å²) in [7, 11) is 0. The predicted molar refractivity (Wildman–Crippen MR) is 36.0 cm³/mol. The first-order chi connectivity index (χ1) is 4.72. The van der Waals surface area contributed by atoms with E-state index in [0.717, 1.165) is 0 Å². The van der Waals surface area contributed by atoms with E-state index < -0.39 is 12.8 Å². The summed E-state index contributed by atoms with van der Waals surface area (Å²) in [5.74, 6) is -0.590. The molecular formula is C6H11NO3. The van der Waals surface area contributed by atoms with E-state index >= 15 is 0 Å². The van der Waals surface area contributed by atoms with Crippen molar-refractivity contribution in [2.24, 2.45) is 5.73 Å². The van der Waals surface area contributed by atoms with Crippen molar-refractivity contribution in [1.29, 1.82) is 0 Å². The Balaban J connectivity index is 3.60. The van der Waals surface area contributed by atoms with Gasteiger partial charge in [-0.1, -0.05) is 6.58 Å². The summed E-state index contributed by atoms with van der Waals surface area (Å²) >= 11 is 0. The fraction of sp³-hybridized carbons (Fsp3) is 0.500. The molecule has 0 aliphatic carbocycles. The first kappa shape index (κ1) is 9.13. The Morgan fingerprint density at radius 3 is 2.70 bits per heavy atom. The Morgan fingerprint density at radius 1 is 1.70 bits per heavy atom. The van der Waals surface area contributed by atoms with Gasteiger partial charge in [0, 0.05) is 5.57 Å². The maximum absolute atomic E-state index is 10.6. The monoisotopic (exact) mass is 145 g/mol. The summed E-state index contributed by atoms with van der Waals surface area (Å²) in [6.45, 7) is 3.15. The predicted octanol–water partition coefficient (Wildman–Crippen LogP) is -0.616. The summed E-state index contributed by atoms with van der Waals surface area (Å²) in [4.78, 5) is 10.6. The molecule has 0 amide bonds. The van der Waals surface area contributed by atoms with Crippen molar-refractivity contribution in [2.75, 3.05) is 13.3 Å². The molecule has 3 N–H and O–H groups in total. The molecule has 0 bridgehead atoms. The van der Waals surface area contributed by atoms with E-state index in [2.05, 4.69) is 11.3 Å². The number of ether oxygens (including phenoxy) is 1. The molecule has 0 spiro atoms. The lowest BCUT2D eigenvalue weighted by molar-refractivity contribution is -0.147. The lowest BCUT2D eigenvalue weighted by atomic mass is 10.2. The van der Waals surface area contributed by atoms with Crippen LogP contribution in [0.25, 0.3) is 0 Å². The Hall–Kier alpha value is -0.870. The highest BCUT2D eigenvalue weighted by Crippen LogP contribution is 1.97. The van der Waals surface area contributed by atoms with Crippen LogP contribution < -0.4 is 5.73 Å². The maximum Gasteiger partial charge on any atom is 0.335 e. The SMILES string of the molecule is C=C(CCN)C(=O)OCO. The van der Waals surface area contributed by atoms with Crippen LogP contribution in [0.15, 0.2) is 12.2 Å². The van der Waals surface area contributed by atoms with Gasteiger partial charge in [0.05, 0.1) is 0 Å². The van der Waals surface area contributed by atoms with Gasteiger partial charge in [-0.15, -0.1) is 0 Å². The van der Waals surface area contributed by atoms with Gasteiger partial charge in [0.1, 0.15) is 0 Å². The van der Waals surface area contributed by atoms with Crippen LogP contribution in [0.3, 0.4) is 0 Å². The molecule has 0 aromatic rings. The minimum Gasteiger partial charge on any atom is -0.435 e. The Kier molecular flexibility index (Phi) is 4.53. The highest BCUT2D eigenvalue weighted by atomic mass is 16.6. The van der Waals surface area contributed by atoms with Crippen molar-refractivity contribution in [3.8, 4) is 0 Å². The molecule has 0 rings (SSSR count). The van der Waals surface area contributed by atoms with Gasteiger partial charge in [0.25, 0.3) is 0 Å². The van der Waals surface area contributed by atoms with Gasteiger partial charge >= 0.3 is 5.97 Å². The van der Waals surface area contributed by atoms with Crippen molar-refractivity contribution in [3.05, 3.63) is 12.2 Å². The zero-order chi connectivity index (χ0) is 7.98. The van der Waals surface area contributed by atoms with Crippen molar-refractivity contribution < 1.29 is 14.6 Å². The van der Waals surface area contributed by atoms with E-state index in [1.807, 2.05) is 0 Å². The van der Waals surface area contributed by atoms with Gasteiger partial charge in [-0.05, 0) is 13.0 Å². The van der Waals surface area contributed by atoms with Gasteiger partial charge in [-0.25, -0.2) is 4.79 Å². The van der Waals surface area contributed by atoms with Crippen LogP contribution in [0.1, 0.15) is 6.42 Å². The van der Waals surface area contributed by atoms with Crippen LogP contribution >= 0.6 is 0 Å². The fourth-order valence-corrected chi connectivity index (χ4v) is 0.437. The molecule has 10 heavy (non-hydrogen) atoms. The zero-order valence-electron chi connectivity index (χ0n) is 5.67. The molecular weight excluding hydrogens is 134 g/mol. The number of carbonyl (C=O) groups excluding carboxylic acids is 1. The van der Waals surface area contributed by atoms with Crippen LogP contribution in [0.4, 0.5) is 0 Å². The summed E-state index contributed by atoms with van der Waals surface area (Å²) < 4.78 is 4.22. The van der Waals surface area contributed by atoms with Crippen LogP contribution in [0, 0.1) is 0 Å². The van der Waals surface area contributed by atoms with Gasteiger partial charge in [0.2, 0.25) is 0 Å². The molecule has 0 aromatic carbocycles. The first-order valence-corrected chi connectivity index (χ1v) is 2.88. The number of esters is 1. The molecule has 4 nitrogen and oxygen atoms in total. The summed E-state index contributed by atoms with van der Waals surface area (Å²) in [5.41, 5.74) is 5.42. The third-order valence-electron chi connectivity index (χ3n) is 0.930. The second-order valence-corrected chi connectivity index (χ2v) is 1.70. The van der Waals surface area contributed by atoms with Gasteiger partial charge in [0.15, 0.2) is 6.79 Å². The first-order valence-electron chi connectivity index (χ1n) is 2.88. The Morgan fingerprint density at radius 2 is 2.30 bits per heavy atom. The number of nitrogens with two attached hydrogens (primary N) is 1. The van der Waals surface area contributed by atoms with Crippen LogP contribution in [-0.4, -0.2) is 24.4 Å². The van der Waals surface area contributed by atoms with E-state index in [4.69, 9.17) is 10.8 Å². The van der Waals surface area contributed by atoms with Gasteiger partial charge in [-0.3, -0.25) is 0 Å². The molecule has 0 saturated carbocycles. The molecule has 0 unspecified atom stereocenters. The Labute approximate surface area is 59.3 Å². The molecule has 0 aliphatic rings. The summed E-state index contributed by atoms with van der Waals surface area (Å²) in [5, 5.41) is 8.14.